The molecule has 3 heterocycles. The van der Waals surface area contributed by atoms with Gasteiger partial charge in [-0.3, -0.25) is 14.5 Å². The van der Waals surface area contributed by atoms with Crippen molar-refractivity contribution in [2.45, 2.75) is 32.4 Å². The highest BCUT2D eigenvalue weighted by Gasteiger charge is 2.21. The molecule has 1 unspecified atom stereocenters. The first kappa shape index (κ1) is 17.9. The maximum Gasteiger partial charge on any atom is 0.260 e. The third-order valence-electron chi connectivity index (χ3n) is 4.86. The van der Waals surface area contributed by atoms with Crippen molar-refractivity contribution < 1.29 is 4.79 Å². The summed E-state index contributed by atoms with van der Waals surface area (Å²) < 4.78 is 0. The Kier molecular flexibility index (Phi) is 5.05. The number of amides is 1. The number of thiophene rings is 1. The highest BCUT2D eigenvalue weighted by Crippen LogP contribution is 2.30. The smallest absolute Gasteiger partial charge is 0.260 e. The van der Waals surface area contributed by atoms with E-state index in [0.29, 0.717) is 17.8 Å². The molecule has 4 rings (SSSR count). The van der Waals surface area contributed by atoms with E-state index in [1.165, 1.54) is 11.3 Å². The first-order valence-electron chi connectivity index (χ1n) is 9.15. The summed E-state index contributed by atoms with van der Waals surface area (Å²) in [7, 11) is 0. The van der Waals surface area contributed by atoms with Crippen LogP contribution in [-0.4, -0.2) is 39.9 Å². The van der Waals surface area contributed by atoms with Crippen molar-refractivity contribution in [1.82, 2.24) is 20.2 Å². The monoisotopic (exact) mass is 382 g/mol. The van der Waals surface area contributed by atoms with Crippen molar-refractivity contribution in [3.8, 4) is 11.1 Å². The van der Waals surface area contributed by atoms with E-state index in [9.17, 15) is 9.59 Å². The van der Waals surface area contributed by atoms with Crippen LogP contribution in [0.4, 0.5) is 0 Å². The molecule has 1 fully saturated rings. The molecule has 0 aliphatic carbocycles. The Morgan fingerprint density at radius 2 is 2.19 bits per heavy atom. The second-order valence-electron chi connectivity index (χ2n) is 6.98. The largest absolute Gasteiger partial charge is 0.352 e. The van der Waals surface area contributed by atoms with Crippen molar-refractivity contribution in [3.63, 3.8) is 0 Å². The lowest BCUT2D eigenvalue weighted by atomic mass is 10.1. The van der Waals surface area contributed by atoms with Gasteiger partial charge in [-0.05, 0) is 24.9 Å². The molecule has 0 radical (unpaired) electrons. The van der Waals surface area contributed by atoms with E-state index in [2.05, 4.69) is 15.2 Å². The minimum atomic E-state index is -0.0921. The molecule has 1 atom stereocenters. The van der Waals surface area contributed by atoms with Crippen LogP contribution in [0.2, 0.25) is 0 Å². The number of nitrogens with zero attached hydrogens (tertiary/aromatic N) is 2. The van der Waals surface area contributed by atoms with E-state index in [-0.39, 0.29) is 17.5 Å². The van der Waals surface area contributed by atoms with Gasteiger partial charge in [0.2, 0.25) is 5.91 Å². The van der Waals surface area contributed by atoms with Gasteiger partial charge in [-0.1, -0.05) is 30.3 Å². The summed E-state index contributed by atoms with van der Waals surface area (Å²) in [5.74, 6) is 0.680. The van der Waals surface area contributed by atoms with Gasteiger partial charge in [-0.25, -0.2) is 4.98 Å². The van der Waals surface area contributed by atoms with Crippen LogP contribution in [0.25, 0.3) is 21.3 Å². The fraction of sp³-hybridized carbons (Fsp3) is 0.350. The number of hydrogen-bond acceptors (Lipinski definition) is 5. The highest BCUT2D eigenvalue weighted by molar-refractivity contribution is 7.17. The SMILES string of the molecule is CC(=O)NC1CCCN(Cc2nc3scc(-c4ccccc4)c3c(=O)[nH]2)C1. The molecule has 6 nitrogen and oxygen atoms in total. The van der Waals surface area contributed by atoms with Gasteiger partial charge in [0.15, 0.2) is 0 Å². The Balaban J connectivity index is 1.57. The number of rotatable bonds is 4. The molecule has 1 saturated heterocycles. The molecule has 140 valence electrons. The summed E-state index contributed by atoms with van der Waals surface area (Å²) >= 11 is 1.50. The normalized spacial score (nSPS) is 17.9. The Morgan fingerprint density at radius 1 is 1.37 bits per heavy atom. The molecular weight excluding hydrogens is 360 g/mol. The number of piperidine rings is 1. The van der Waals surface area contributed by atoms with E-state index in [1.54, 1.807) is 6.92 Å². The third-order valence-corrected chi connectivity index (χ3v) is 5.74. The number of benzene rings is 1. The van der Waals surface area contributed by atoms with Gasteiger partial charge in [0.25, 0.3) is 5.56 Å². The minimum Gasteiger partial charge on any atom is -0.352 e. The summed E-state index contributed by atoms with van der Waals surface area (Å²) in [6.45, 7) is 3.85. The van der Waals surface area contributed by atoms with Gasteiger partial charge in [0, 0.05) is 30.5 Å². The number of carbonyl (C=O) groups excluding carboxylic acids is 1. The number of nitrogens with one attached hydrogen (secondary N) is 2. The molecular formula is C20H22N4O2S. The number of likely N-dealkylation sites (tertiary alicyclic amines) is 1. The summed E-state index contributed by atoms with van der Waals surface area (Å²) in [5.41, 5.74) is 1.86. The van der Waals surface area contributed by atoms with Gasteiger partial charge in [0.1, 0.15) is 10.7 Å². The molecule has 2 N–H and O–H groups in total. The number of carbonyl (C=O) groups is 1. The van der Waals surface area contributed by atoms with Crippen LogP contribution < -0.4 is 10.9 Å². The zero-order valence-electron chi connectivity index (χ0n) is 15.2. The van der Waals surface area contributed by atoms with Crippen LogP contribution in [0.15, 0.2) is 40.5 Å². The number of fused-ring (bicyclic) bond motifs is 1. The van der Waals surface area contributed by atoms with Crippen LogP contribution in [0.5, 0.6) is 0 Å². The number of hydrogen-bond donors (Lipinski definition) is 2. The highest BCUT2D eigenvalue weighted by atomic mass is 32.1. The van der Waals surface area contributed by atoms with Crippen LogP contribution in [0.1, 0.15) is 25.6 Å². The predicted molar refractivity (Wildman–Crippen MR) is 108 cm³/mol. The van der Waals surface area contributed by atoms with Crippen molar-refractivity contribution in [1.29, 1.82) is 0 Å². The second-order valence-corrected chi connectivity index (χ2v) is 7.84. The second kappa shape index (κ2) is 7.62. The molecule has 7 heteroatoms. The average molecular weight is 382 g/mol. The molecule has 3 aromatic rings. The Bertz CT molecular complexity index is 1010. The van der Waals surface area contributed by atoms with Crippen molar-refractivity contribution in [2.75, 3.05) is 13.1 Å². The first-order chi connectivity index (χ1) is 13.1. The van der Waals surface area contributed by atoms with Gasteiger partial charge in [-0.15, -0.1) is 11.3 Å². The predicted octanol–water partition coefficient (Wildman–Crippen LogP) is 2.75. The molecule has 0 saturated carbocycles. The molecule has 0 bridgehead atoms. The van der Waals surface area contributed by atoms with Crippen LogP contribution in [-0.2, 0) is 11.3 Å². The standard InChI is InChI=1S/C20H22N4O2S/c1-13(25)21-15-8-5-9-24(10-15)11-17-22-19(26)18-16(12-27-20(18)23-17)14-6-3-2-4-7-14/h2-4,6-7,12,15H,5,8-11H2,1H3,(H,21,25)(H,22,23,26). The zero-order chi connectivity index (χ0) is 18.8. The lowest BCUT2D eigenvalue weighted by Crippen LogP contribution is -2.47. The summed E-state index contributed by atoms with van der Waals surface area (Å²) in [6, 6.07) is 10.1. The minimum absolute atomic E-state index is 0.00169. The van der Waals surface area contributed by atoms with Gasteiger partial charge >= 0.3 is 0 Å². The Hall–Kier alpha value is -2.51. The van der Waals surface area contributed by atoms with Gasteiger partial charge < -0.3 is 10.3 Å². The quantitative estimate of drug-likeness (QED) is 0.727. The average Bonchev–Trinajstić information content (AvgIpc) is 3.07. The van der Waals surface area contributed by atoms with E-state index in [4.69, 9.17) is 4.98 Å². The topological polar surface area (TPSA) is 78.1 Å². The lowest BCUT2D eigenvalue weighted by Gasteiger charge is -2.32. The van der Waals surface area contributed by atoms with Crippen LogP contribution in [0, 0.1) is 0 Å². The number of aromatic nitrogens is 2. The molecule has 1 aliphatic rings. The Labute approximate surface area is 161 Å². The van der Waals surface area contributed by atoms with Crippen molar-refractivity contribution in [3.05, 3.63) is 51.9 Å². The zero-order valence-corrected chi connectivity index (χ0v) is 16.0. The van der Waals surface area contributed by atoms with E-state index < -0.39 is 0 Å². The molecule has 1 aliphatic heterocycles. The number of H-pyrrole nitrogens is 1. The molecule has 1 aromatic carbocycles. The molecule has 0 spiro atoms. The fourth-order valence-electron chi connectivity index (χ4n) is 3.71. The van der Waals surface area contributed by atoms with Crippen molar-refractivity contribution >= 4 is 27.5 Å². The van der Waals surface area contributed by atoms with E-state index in [0.717, 1.165) is 41.9 Å². The van der Waals surface area contributed by atoms with E-state index in [1.807, 2.05) is 35.7 Å². The van der Waals surface area contributed by atoms with Gasteiger partial charge in [0.05, 0.1) is 11.9 Å². The fourth-order valence-corrected chi connectivity index (χ4v) is 4.68. The lowest BCUT2D eigenvalue weighted by molar-refractivity contribution is -0.120. The molecule has 1 amide bonds. The Morgan fingerprint density at radius 3 is 2.96 bits per heavy atom. The molecule has 27 heavy (non-hydrogen) atoms. The summed E-state index contributed by atoms with van der Waals surface area (Å²) in [6.07, 6.45) is 2.01. The third kappa shape index (κ3) is 3.94. The van der Waals surface area contributed by atoms with Gasteiger partial charge in [-0.2, -0.15) is 0 Å². The molecule has 2 aromatic heterocycles. The summed E-state index contributed by atoms with van der Waals surface area (Å²) in [5, 5.41) is 5.65. The number of aromatic amines is 1. The summed E-state index contributed by atoms with van der Waals surface area (Å²) in [4.78, 5) is 34.7. The maximum atomic E-state index is 12.7. The van der Waals surface area contributed by atoms with Crippen LogP contribution >= 0.6 is 11.3 Å². The van der Waals surface area contributed by atoms with E-state index >= 15 is 0 Å². The van der Waals surface area contributed by atoms with Crippen LogP contribution in [0.3, 0.4) is 0 Å². The maximum absolute atomic E-state index is 12.7. The first-order valence-corrected chi connectivity index (χ1v) is 10.0. The van der Waals surface area contributed by atoms with Crippen molar-refractivity contribution in [2.24, 2.45) is 0 Å².